The Morgan fingerprint density at radius 3 is 2.53 bits per heavy atom. The van der Waals surface area contributed by atoms with E-state index in [-0.39, 0.29) is 30.6 Å². The number of aliphatic hydroxyl groups excluding tert-OH is 1. The number of carbonyl (C=O) groups is 2. The second-order valence-electron chi connectivity index (χ2n) is 7.79. The first kappa shape index (κ1) is 21.7. The molecule has 3 rings (SSSR count). The molecular weight excluding hydrogens is 385 g/mol. The number of ketones is 1. The molecule has 1 saturated heterocycles. The Morgan fingerprint density at radius 2 is 1.90 bits per heavy atom. The third kappa shape index (κ3) is 4.28. The molecule has 1 aliphatic heterocycles. The van der Waals surface area contributed by atoms with Gasteiger partial charge in [0, 0.05) is 12.1 Å². The van der Waals surface area contributed by atoms with Crippen molar-refractivity contribution in [1.29, 1.82) is 0 Å². The minimum atomic E-state index is -0.759. The molecule has 1 amide bonds. The Labute approximate surface area is 175 Å². The predicted molar refractivity (Wildman–Crippen MR) is 112 cm³/mol. The van der Waals surface area contributed by atoms with Crippen molar-refractivity contribution in [2.24, 2.45) is 0 Å². The number of carbonyl (C=O) groups excluding carboxylic acids is 2. The number of amides is 1. The van der Waals surface area contributed by atoms with Crippen molar-refractivity contribution < 1.29 is 23.8 Å². The molecule has 0 bridgehead atoms. The van der Waals surface area contributed by atoms with Crippen LogP contribution in [0.3, 0.4) is 0 Å². The monoisotopic (exact) mass is 411 g/mol. The van der Waals surface area contributed by atoms with Gasteiger partial charge in [-0.05, 0) is 57.0 Å². The van der Waals surface area contributed by atoms with Crippen molar-refractivity contribution in [2.45, 2.75) is 39.8 Å². The van der Waals surface area contributed by atoms with E-state index in [9.17, 15) is 19.1 Å². The highest BCUT2D eigenvalue weighted by molar-refractivity contribution is 6.46. The highest BCUT2D eigenvalue weighted by Gasteiger charge is 2.45. The van der Waals surface area contributed by atoms with Gasteiger partial charge in [-0.25, -0.2) is 4.39 Å². The lowest BCUT2D eigenvalue weighted by Crippen LogP contribution is -2.33. The van der Waals surface area contributed by atoms with Crippen molar-refractivity contribution in [3.63, 3.8) is 0 Å². The second kappa shape index (κ2) is 8.79. The van der Waals surface area contributed by atoms with Crippen LogP contribution in [0.25, 0.3) is 5.76 Å². The van der Waals surface area contributed by atoms with Crippen LogP contribution in [-0.4, -0.2) is 41.0 Å². The number of nitrogens with zero attached hydrogens (tertiary/aromatic N) is 1. The third-order valence-electron chi connectivity index (χ3n) is 5.11. The quantitative estimate of drug-likeness (QED) is 0.438. The average Bonchev–Trinajstić information content (AvgIpc) is 2.94. The number of hydrogen-bond donors (Lipinski definition) is 1. The van der Waals surface area contributed by atoms with Crippen LogP contribution in [0.4, 0.5) is 4.39 Å². The summed E-state index contributed by atoms with van der Waals surface area (Å²) in [5.74, 6) is -2.16. The van der Waals surface area contributed by atoms with Crippen LogP contribution in [0.1, 0.15) is 42.1 Å². The van der Waals surface area contributed by atoms with Gasteiger partial charge in [0.15, 0.2) is 0 Å². The molecule has 5 nitrogen and oxygen atoms in total. The fourth-order valence-electron chi connectivity index (χ4n) is 3.63. The number of likely N-dealkylation sites (tertiary alicyclic amines) is 1. The van der Waals surface area contributed by atoms with Gasteiger partial charge in [0.25, 0.3) is 11.7 Å². The van der Waals surface area contributed by atoms with Gasteiger partial charge in [-0.2, -0.15) is 0 Å². The maximum absolute atomic E-state index is 13.7. The third-order valence-corrected chi connectivity index (χ3v) is 5.11. The lowest BCUT2D eigenvalue weighted by molar-refractivity contribution is -0.140. The van der Waals surface area contributed by atoms with E-state index in [0.717, 1.165) is 11.1 Å². The number of aryl methyl sites for hydroxylation is 2. The Morgan fingerprint density at radius 1 is 1.17 bits per heavy atom. The largest absolute Gasteiger partial charge is 0.507 e. The van der Waals surface area contributed by atoms with Gasteiger partial charge in [-0.1, -0.05) is 29.8 Å². The maximum Gasteiger partial charge on any atom is 0.295 e. The van der Waals surface area contributed by atoms with Gasteiger partial charge in [0.2, 0.25) is 0 Å². The summed E-state index contributed by atoms with van der Waals surface area (Å²) >= 11 is 0. The van der Waals surface area contributed by atoms with E-state index >= 15 is 0 Å². The number of ether oxygens (including phenoxy) is 1. The number of Topliss-reactive ketones (excluding diaryl/α,β-unsaturated/α-hetero) is 1. The van der Waals surface area contributed by atoms with E-state index in [1.807, 2.05) is 45.0 Å². The lowest BCUT2D eigenvalue weighted by Gasteiger charge is -2.26. The van der Waals surface area contributed by atoms with E-state index in [4.69, 9.17) is 4.74 Å². The summed E-state index contributed by atoms with van der Waals surface area (Å²) in [5.41, 5.74) is 2.32. The summed E-state index contributed by atoms with van der Waals surface area (Å²) in [5, 5.41) is 11.0. The molecule has 2 aromatic rings. The second-order valence-corrected chi connectivity index (χ2v) is 7.79. The SMILES string of the molecule is Cc1cccc(C2/C(=C(/O)c3ccc(F)c(C)c3)C(=O)C(=O)N2CCOC(C)C)c1. The molecule has 0 spiro atoms. The number of benzene rings is 2. The van der Waals surface area contributed by atoms with Gasteiger partial charge in [-0.3, -0.25) is 9.59 Å². The molecule has 0 saturated carbocycles. The van der Waals surface area contributed by atoms with Crippen molar-refractivity contribution >= 4 is 17.4 Å². The molecular formula is C24H26FNO4. The van der Waals surface area contributed by atoms with E-state index in [1.165, 1.54) is 23.1 Å². The zero-order valence-electron chi connectivity index (χ0n) is 17.6. The molecule has 1 heterocycles. The molecule has 1 N–H and O–H groups in total. The van der Waals surface area contributed by atoms with Crippen LogP contribution in [0.2, 0.25) is 0 Å². The number of aliphatic hydroxyl groups is 1. The minimum absolute atomic E-state index is 0.00107. The Balaban J connectivity index is 2.12. The van der Waals surface area contributed by atoms with E-state index in [1.54, 1.807) is 6.92 Å². The standard InChI is InChI=1S/C24H26FNO4/c1-14(2)30-11-10-26-21(17-7-5-6-15(3)12-17)20(23(28)24(26)29)22(27)18-8-9-19(25)16(4)13-18/h5-9,12-14,21,27H,10-11H2,1-4H3/b22-20-. The number of hydrogen-bond acceptors (Lipinski definition) is 4. The molecule has 1 unspecified atom stereocenters. The highest BCUT2D eigenvalue weighted by atomic mass is 19.1. The Bertz CT molecular complexity index is 1010. The Hall–Kier alpha value is -2.99. The molecule has 1 atom stereocenters. The van der Waals surface area contributed by atoms with Gasteiger partial charge in [0.1, 0.15) is 11.6 Å². The maximum atomic E-state index is 13.7. The van der Waals surface area contributed by atoms with Gasteiger partial charge < -0.3 is 14.7 Å². The van der Waals surface area contributed by atoms with Gasteiger partial charge in [-0.15, -0.1) is 0 Å². The summed E-state index contributed by atoms with van der Waals surface area (Å²) in [7, 11) is 0. The van der Waals surface area contributed by atoms with Gasteiger partial charge in [0.05, 0.1) is 24.3 Å². The van der Waals surface area contributed by atoms with Crippen LogP contribution in [0.15, 0.2) is 48.0 Å². The molecule has 0 radical (unpaired) electrons. The molecule has 30 heavy (non-hydrogen) atoms. The topological polar surface area (TPSA) is 66.8 Å². The summed E-state index contributed by atoms with van der Waals surface area (Å²) in [4.78, 5) is 27.2. The first-order valence-corrected chi connectivity index (χ1v) is 9.93. The fourth-order valence-corrected chi connectivity index (χ4v) is 3.63. The average molecular weight is 411 g/mol. The van der Waals surface area contributed by atoms with Gasteiger partial charge >= 0.3 is 0 Å². The van der Waals surface area contributed by atoms with Crippen molar-refractivity contribution in [3.8, 4) is 0 Å². The van der Waals surface area contributed by atoms with Crippen molar-refractivity contribution in [2.75, 3.05) is 13.2 Å². The van der Waals surface area contributed by atoms with E-state index < -0.39 is 23.5 Å². The van der Waals surface area contributed by atoms with Crippen LogP contribution < -0.4 is 0 Å². The summed E-state index contributed by atoms with van der Waals surface area (Å²) in [6.07, 6.45) is -0.0126. The predicted octanol–water partition coefficient (Wildman–Crippen LogP) is 4.29. The van der Waals surface area contributed by atoms with Crippen molar-refractivity contribution in [3.05, 3.63) is 76.1 Å². The van der Waals surface area contributed by atoms with E-state index in [2.05, 4.69) is 0 Å². The molecule has 6 heteroatoms. The smallest absolute Gasteiger partial charge is 0.295 e. The van der Waals surface area contributed by atoms with Crippen LogP contribution in [-0.2, 0) is 14.3 Å². The molecule has 158 valence electrons. The zero-order valence-corrected chi connectivity index (χ0v) is 17.6. The first-order chi connectivity index (χ1) is 14.2. The summed E-state index contributed by atoms with van der Waals surface area (Å²) in [6, 6.07) is 10.8. The minimum Gasteiger partial charge on any atom is -0.507 e. The normalized spacial score (nSPS) is 18.5. The van der Waals surface area contributed by atoms with E-state index in [0.29, 0.717) is 11.1 Å². The van der Waals surface area contributed by atoms with Crippen molar-refractivity contribution in [1.82, 2.24) is 4.90 Å². The van der Waals surface area contributed by atoms with Crippen LogP contribution >= 0.6 is 0 Å². The summed E-state index contributed by atoms with van der Waals surface area (Å²) < 4.78 is 19.3. The molecule has 0 aromatic heterocycles. The number of halogens is 1. The summed E-state index contributed by atoms with van der Waals surface area (Å²) in [6.45, 7) is 7.75. The molecule has 1 fully saturated rings. The molecule has 1 aliphatic rings. The lowest BCUT2D eigenvalue weighted by atomic mass is 9.94. The first-order valence-electron chi connectivity index (χ1n) is 9.93. The number of rotatable bonds is 6. The van der Waals surface area contributed by atoms with Crippen LogP contribution in [0, 0.1) is 19.7 Å². The molecule has 2 aromatic carbocycles. The molecule has 0 aliphatic carbocycles. The fraction of sp³-hybridized carbons (Fsp3) is 0.333. The zero-order chi connectivity index (χ0) is 22.0. The van der Waals surface area contributed by atoms with Crippen LogP contribution in [0.5, 0.6) is 0 Å². The highest BCUT2D eigenvalue weighted by Crippen LogP contribution is 2.39. The Kier molecular flexibility index (Phi) is 6.37.